The molecule has 0 aromatic heterocycles. The Balaban J connectivity index is 2.73. The molecule has 4 atom stereocenters. The monoisotopic (exact) mass is 422 g/mol. The molecule has 0 fully saturated rings. The first-order valence-electron chi connectivity index (χ1n) is 9.61. The van der Waals surface area contributed by atoms with Crippen LogP contribution in [0, 0.1) is 5.92 Å². The molecule has 0 saturated heterocycles. The molecule has 1 aromatic rings. The SMILES string of the molecule is CC(NC(=O)C(NC(=O)C(CO)NC(=O)C(N)Cc1ccccc1)C(C)C)C(=O)O. The highest BCUT2D eigenvalue weighted by Gasteiger charge is 2.30. The van der Waals surface area contributed by atoms with Crippen molar-refractivity contribution >= 4 is 23.7 Å². The number of carbonyl (C=O) groups is 4. The first kappa shape index (κ1) is 25.1. The fraction of sp³-hybridized carbons (Fsp3) is 0.500. The third kappa shape index (κ3) is 7.80. The van der Waals surface area contributed by atoms with Crippen LogP contribution < -0.4 is 21.7 Å². The maximum Gasteiger partial charge on any atom is 0.325 e. The molecule has 0 aliphatic heterocycles. The Bertz CT molecular complexity index is 740. The van der Waals surface area contributed by atoms with E-state index in [2.05, 4.69) is 16.0 Å². The van der Waals surface area contributed by atoms with Crippen LogP contribution in [0.15, 0.2) is 30.3 Å². The first-order valence-corrected chi connectivity index (χ1v) is 9.61. The van der Waals surface area contributed by atoms with Crippen molar-refractivity contribution in [3.8, 4) is 0 Å². The van der Waals surface area contributed by atoms with Gasteiger partial charge in [-0.15, -0.1) is 0 Å². The summed E-state index contributed by atoms with van der Waals surface area (Å²) >= 11 is 0. The summed E-state index contributed by atoms with van der Waals surface area (Å²) in [4.78, 5) is 48.1. The molecule has 1 aromatic carbocycles. The molecule has 10 heteroatoms. The van der Waals surface area contributed by atoms with Crippen molar-refractivity contribution in [2.45, 2.75) is 51.4 Å². The van der Waals surface area contributed by atoms with E-state index in [-0.39, 0.29) is 12.3 Å². The average Bonchev–Trinajstić information content (AvgIpc) is 2.69. The van der Waals surface area contributed by atoms with Crippen molar-refractivity contribution in [1.82, 2.24) is 16.0 Å². The molecule has 0 spiro atoms. The molecule has 30 heavy (non-hydrogen) atoms. The van der Waals surface area contributed by atoms with Crippen LogP contribution in [0.2, 0.25) is 0 Å². The number of carboxylic acid groups (broad SMARTS) is 1. The molecule has 0 aliphatic rings. The molecule has 4 unspecified atom stereocenters. The third-order valence-corrected chi connectivity index (χ3v) is 4.43. The highest BCUT2D eigenvalue weighted by Crippen LogP contribution is 2.05. The number of aliphatic hydroxyl groups excluding tert-OH is 1. The largest absolute Gasteiger partial charge is 0.480 e. The van der Waals surface area contributed by atoms with E-state index < -0.39 is 54.5 Å². The summed E-state index contributed by atoms with van der Waals surface area (Å²) in [5.74, 6) is -3.68. The van der Waals surface area contributed by atoms with Gasteiger partial charge < -0.3 is 31.9 Å². The molecule has 0 aliphatic carbocycles. The molecule has 7 N–H and O–H groups in total. The van der Waals surface area contributed by atoms with Gasteiger partial charge in [-0.2, -0.15) is 0 Å². The summed E-state index contributed by atoms with van der Waals surface area (Å²) < 4.78 is 0. The predicted octanol–water partition coefficient (Wildman–Crippen LogP) is -1.24. The molecule has 3 amide bonds. The number of carboxylic acids is 1. The topological polar surface area (TPSA) is 171 Å². The summed E-state index contributed by atoms with van der Waals surface area (Å²) in [6.07, 6.45) is 0.247. The van der Waals surface area contributed by atoms with Crippen LogP contribution in [0.3, 0.4) is 0 Å². The van der Waals surface area contributed by atoms with Crippen LogP contribution in [0.4, 0.5) is 0 Å². The number of carbonyl (C=O) groups excluding carboxylic acids is 3. The Labute approximate surface area is 175 Å². The summed E-state index contributed by atoms with van der Waals surface area (Å²) in [5.41, 5.74) is 6.73. The van der Waals surface area contributed by atoms with Gasteiger partial charge in [0.2, 0.25) is 17.7 Å². The lowest BCUT2D eigenvalue weighted by atomic mass is 10.0. The third-order valence-electron chi connectivity index (χ3n) is 4.43. The lowest BCUT2D eigenvalue weighted by molar-refractivity contribution is -0.142. The normalized spacial score (nSPS) is 14.9. The van der Waals surface area contributed by atoms with Crippen molar-refractivity contribution in [2.75, 3.05) is 6.61 Å². The molecular weight excluding hydrogens is 392 g/mol. The van der Waals surface area contributed by atoms with Crippen LogP contribution in [-0.2, 0) is 25.6 Å². The zero-order valence-corrected chi connectivity index (χ0v) is 17.3. The minimum atomic E-state index is -1.31. The molecule has 1 rings (SSSR count). The molecule has 0 radical (unpaired) electrons. The molecule has 0 saturated carbocycles. The average molecular weight is 422 g/mol. The maximum atomic E-state index is 12.5. The summed E-state index contributed by atoms with van der Waals surface area (Å²) in [7, 11) is 0. The second-order valence-corrected chi connectivity index (χ2v) is 7.34. The van der Waals surface area contributed by atoms with Gasteiger partial charge >= 0.3 is 5.97 Å². The number of benzene rings is 1. The Morgan fingerprint density at radius 1 is 0.933 bits per heavy atom. The Morgan fingerprint density at radius 2 is 1.53 bits per heavy atom. The van der Waals surface area contributed by atoms with Crippen LogP contribution in [0.25, 0.3) is 0 Å². The summed E-state index contributed by atoms with van der Waals surface area (Å²) in [6, 6.07) is 4.64. The van der Waals surface area contributed by atoms with E-state index in [1.165, 1.54) is 6.92 Å². The number of rotatable bonds is 11. The molecular formula is C20H30N4O6. The smallest absolute Gasteiger partial charge is 0.325 e. The number of nitrogens with two attached hydrogens (primary N) is 1. The Kier molecular flexibility index (Phi) is 9.93. The van der Waals surface area contributed by atoms with Crippen LogP contribution >= 0.6 is 0 Å². The van der Waals surface area contributed by atoms with Gasteiger partial charge in [0.1, 0.15) is 18.1 Å². The highest BCUT2D eigenvalue weighted by molar-refractivity contribution is 5.94. The molecule has 0 bridgehead atoms. The zero-order valence-electron chi connectivity index (χ0n) is 17.3. The van der Waals surface area contributed by atoms with Gasteiger partial charge in [0.05, 0.1) is 12.6 Å². The lowest BCUT2D eigenvalue weighted by Crippen LogP contribution is -2.59. The van der Waals surface area contributed by atoms with E-state index in [9.17, 15) is 24.3 Å². The van der Waals surface area contributed by atoms with Gasteiger partial charge in [0.25, 0.3) is 0 Å². The van der Waals surface area contributed by atoms with Crippen molar-refractivity contribution in [3.05, 3.63) is 35.9 Å². The number of aliphatic hydroxyl groups is 1. The standard InChI is InChI=1S/C20H30N4O6/c1-11(2)16(19(28)22-12(3)20(29)30)24-18(27)15(10-25)23-17(26)14(21)9-13-7-5-4-6-8-13/h4-8,11-12,14-16,25H,9-10,21H2,1-3H3,(H,22,28)(H,23,26)(H,24,27)(H,29,30). The summed E-state index contributed by atoms with van der Waals surface area (Å²) in [6.45, 7) is 3.93. The van der Waals surface area contributed by atoms with Crippen molar-refractivity contribution in [1.29, 1.82) is 0 Å². The highest BCUT2D eigenvalue weighted by atomic mass is 16.4. The van der Waals surface area contributed by atoms with Crippen molar-refractivity contribution in [3.63, 3.8) is 0 Å². The van der Waals surface area contributed by atoms with Gasteiger partial charge in [-0.1, -0.05) is 44.2 Å². The first-order chi connectivity index (χ1) is 14.1. The zero-order chi connectivity index (χ0) is 22.8. The Morgan fingerprint density at radius 3 is 2.03 bits per heavy atom. The van der Waals surface area contributed by atoms with Crippen molar-refractivity contribution in [2.24, 2.45) is 11.7 Å². The van der Waals surface area contributed by atoms with Gasteiger partial charge in [0.15, 0.2) is 0 Å². The number of nitrogens with one attached hydrogen (secondary N) is 3. The molecule has 0 heterocycles. The van der Waals surface area contributed by atoms with Gasteiger partial charge in [0, 0.05) is 0 Å². The van der Waals surface area contributed by atoms with Crippen LogP contribution in [-0.4, -0.2) is 64.7 Å². The van der Waals surface area contributed by atoms with Gasteiger partial charge in [-0.3, -0.25) is 19.2 Å². The summed E-state index contributed by atoms with van der Waals surface area (Å²) in [5, 5.41) is 25.6. The van der Waals surface area contributed by atoms with E-state index in [0.717, 1.165) is 5.56 Å². The number of amides is 3. The second kappa shape index (κ2) is 11.9. The van der Waals surface area contributed by atoms with E-state index >= 15 is 0 Å². The fourth-order valence-electron chi connectivity index (χ4n) is 2.59. The fourth-order valence-corrected chi connectivity index (χ4v) is 2.59. The van der Waals surface area contributed by atoms with Gasteiger partial charge in [-0.25, -0.2) is 0 Å². The second-order valence-electron chi connectivity index (χ2n) is 7.34. The number of hydrogen-bond acceptors (Lipinski definition) is 6. The minimum absolute atomic E-state index is 0.247. The van der Waals surface area contributed by atoms with E-state index in [4.69, 9.17) is 10.8 Å². The Hall–Kier alpha value is -2.98. The van der Waals surface area contributed by atoms with E-state index in [1.807, 2.05) is 30.3 Å². The molecule has 166 valence electrons. The molecule has 10 nitrogen and oxygen atoms in total. The van der Waals surface area contributed by atoms with E-state index in [0.29, 0.717) is 0 Å². The predicted molar refractivity (Wildman–Crippen MR) is 109 cm³/mol. The van der Waals surface area contributed by atoms with Gasteiger partial charge in [-0.05, 0) is 24.8 Å². The lowest BCUT2D eigenvalue weighted by Gasteiger charge is -2.25. The number of hydrogen-bond donors (Lipinski definition) is 6. The maximum absolute atomic E-state index is 12.5. The minimum Gasteiger partial charge on any atom is -0.480 e. The van der Waals surface area contributed by atoms with Crippen LogP contribution in [0.5, 0.6) is 0 Å². The van der Waals surface area contributed by atoms with E-state index in [1.54, 1.807) is 13.8 Å². The van der Waals surface area contributed by atoms with Crippen molar-refractivity contribution < 1.29 is 29.4 Å². The van der Waals surface area contributed by atoms with Crippen LogP contribution in [0.1, 0.15) is 26.3 Å². The quantitative estimate of drug-likeness (QED) is 0.259. The number of aliphatic carboxylic acids is 1.